The number of carbonyl (C=O) groups is 1. The van der Waals surface area contributed by atoms with Gasteiger partial charge in [0.15, 0.2) is 0 Å². The zero-order chi connectivity index (χ0) is 15.4. The first-order valence-corrected chi connectivity index (χ1v) is 7.38. The number of carboxylic acid groups (broad SMARTS) is 1. The minimum Gasteiger partial charge on any atom is -0.481 e. The van der Waals surface area contributed by atoms with E-state index < -0.39 is 5.97 Å². The Morgan fingerprint density at radius 2 is 2.10 bits per heavy atom. The molecule has 0 aliphatic carbocycles. The van der Waals surface area contributed by atoms with E-state index in [1.807, 2.05) is 43.0 Å². The lowest BCUT2D eigenvalue weighted by Crippen LogP contribution is -2.26. The molecule has 0 saturated carbocycles. The summed E-state index contributed by atoms with van der Waals surface area (Å²) in [6.07, 6.45) is 0.123. The smallest absolute Gasteiger partial charge is 0.304 e. The molecule has 2 aromatic rings. The molecule has 1 aromatic carbocycles. The number of hydrogen-bond donors (Lipinski definition) is 1. The Kier molecular flexibility index (Phi) is 5.15. The highest BCUT2D eigenvalue weighted by Crippen LogP contribution is 2.27. The Balaban J connectivity index is 2.28. The number of carboxylic acids is 1. The van der Waals surface area contributed by atoms with Crippen molar-refractivity contribution < 1.29 is 9.90 Å². The van der Waals surface area contributed by atoms with Crippen LogP contribution in [-0.4, -0.2) is 34.0 Å². The third kappa shape index (κ3) is 3.71. The number of aromatic nitrogens is 1. The van der Waals surface area contributed by atoms with E-state index in [4.69, 9.17) is 16.7 Å². The lowest BCUT2D eigenvalue weighted by molar-refractivity contribution is -0.137. The summed E-state index contributed by atoms with van der Waals surface area (Å²) in [5.74, 6) is -0.790. The number of fused-ring (bicyclic) bond motifs is 1. The summed E-state index contributed by atoms with van der Waals surface area (Å²) in [5.41, 5.74) is 2.75. The van der Waals surface area contributed by atoms with Gasteiger partial charge in [-0.1, -0.05) is 36.7 Å². The van der Waals surface area contributed by atoms with Gasteiger partial charge >= 0.3 is 5.97 Å². The minimum atomic E-state index is -0.790. The predicted molar refractivity (Wildman–Crippen MR) is 84.7 cm³/mol. The third-order valence-electron chi connectivity index (χ3n) is 3.61. The van der Waals surface area contributed by atoms with Gasteiger partial charge in [0.1, 0.15) is 0 Å². The summed E-state index contributed by atoms with van der Waals surface area (Å²) >= 11 is 6.43. The predicted octanol–water partition coefficient (Wildman–Crippen LogP) is 3.49. The van der Waals surface area contributed by atoms with Crippen LogP contribution in [0.1, 0.15) is 24.6 Å². The van der Waals surface area contributed by atoms with Crippen molar-refractivity contribution in [2.75, 3.05) is 13.1 Å². The molecule has 0 fully saturated rings. The summed E-state index contributed by atoms with van der Waals surface area (Å²) in [6.45, 7) is 5.81. The zero-order valence-electron chi connectivity index (χ0n) is 12.3. The monoisotopic (exact) mass is 306 g/mol. The van der Waals surface area contributed by atoms with E-state index in [0.717, 1.165) is 28.7 Å². The number of rotatable bonds is 6. The third-order valence-corrected chi connectivity index (χ3v) is 4.11. The van der Waals surface area contributed by atoms with Gasteiger partial charge in [0, 0.05) is 18.5 Å². The Morgan fingerprint density at radius 1 is 1.38 bits per heavy atom. The highest BCUT2D eigenvalue weighted by molar-refractivity contribution is 6.32. The Labute approximate surface area is 129 Å². The van der Waals surface area contributed by atoms with Gasteiger partial charge in [-0.3, -0.25) is 9.69 Å². The quantitative estimate of drug-likeness (QED) is 0.887. The lowest BCUT2D eigenvalue weighted by Gasteiger charge is -2.20. The minimum absolute atomic E-state index is 0.123. The van der Waals surface area contributed by atoms with Gasteiger partial charge in [-0.25, -0.2) is 4.98 Å². The van der Waals surface area contributed by atoms with Crippen LogP contribution in [0.2, 0.25) is 5.02 Å². The van der Waals surface area contributed by atoms with E-state index in [1.165, 1.54) is 0 Å². The van der Waals surface area contributed by atoms with Crippen LogP contribution < -0.4 is 0 Å². The largest absolute Gasteiger partial charge is 0.481 e. The molecule has 21 heavy (non-hydrogen) atoms. The van der Waals surface area contributed by atoms with Crippen LogP contribution in [0.15, 0.2) is 24.3 Å². The number of benzene rings is 1. The molecule has 2 rings (SSSR count). The fraction of sp³-hybridized carbons (Fsp3) is 0.375. The van der Waals surface area contributed by atoms with E-state index >= 15 is 0 Å². The second-order valence-corrected chi connectivity index (χ2v) is 5.41. The molecule has 0 spiro atoms. The van der Waals surface area contributed by atoms with Crippen LogP contribution in [0.4, 0.5) is 0 Å². The molecule has 0 amide bonds. The zero-order valence-corrected chi connectivity index (χ0v) is 13.0. The standard InChI is InChI=1S/C16H19ClN2O2/c1-3-19(9-8-15(20)21)10-14-16(17)11(2)12-6-4-5-7-13(12)18-14/h4-7H,3,8-10H2,1-2H3,(H,20,21). The van der Waals surface area contributed by atoms with Crippen LogP contribution in [0.25, 0.3) is 10.9 Å². The maximum absolute atomic E-state index is 10.7. The van der Waals surface area contributed by atoms with E-state index in [1.54, 1.807) is 0 Å². The first-order chi connectivity index (χ1) is 10.0. The van der Waals surface area contributed by atoms with Gasteiger partial charge in [-0.2, -0.15) is 0 Å². The van der Waals surface area contributed by atoms with Crippen LogP contribution in [0.5, 0.6) is 0 Å². The van der Waals surface area contributed by atoms with E-state index in [9.17, 15) is 4.79 Å². The molecule has 1 aromatic heterocycles. The maximum Gasteiger partial charge on any atom is 0.304 e. The Morgan fingerprint density at radius 3 is 2.76 bits per heavy atom. The SMILES string of the molecule is CCN(CCC(=O)O)Cc1nc2ccccc2c(C)c1Cl. The lowest BCUT2D eigenvalue weighted by atomic mass is 10.1. The molecule has 1 heterocycles. The van der Waals surface area contributed by atoms with Crippen molar-refractivity contribution >= 4 is 28.5 Å². The molecule has 4 nitrogen and oxygen atoms in total. The number of pyridine rings is 1. The van der Waals surface area contributed by atoms with Crippen LogP contribution in [0, 0.1) is 6.92 Å². The molecule has 0 radical (unpaired) electrons. The highest BCUT2D eigenvalue weighted by Gasteiger charge is 2.13. The maximum atomic E-state index is 10.7. The fourth-order valence-corrected chi connectivity index (χ4v) is 2.54. The first-order valence-electron chi connectivity index (χ1n) is 7.00. The van der Waals surface area contributed by atoms with Crippen molar-refractivity contribution in [2.24, 2.45) is 0 Å². The topological polar surface area (TPSA) is 53.4 Å². The molecule has 0 aliphatic heterocycles. The van der Waals surface area contributed by atoms with E-state index in [-0.39, 0.29) is 6.42 Å². The number of aliphatic carboxylic acids is 1. The van der Waals surface area contributed by atoms with Crippen molar-refractivity contribution in [1.29, 1.82) is 0 Å². The molecule has 0 atom stereocenters. The number of halogens is 1. The first kappa shape index (κ1) is 15.7. The van der Waals surface area contributed by atoms with Crippen molar-refractivity contribution in [3.05, 3.63) is 40.5 Å². The molecule has 0 bridgehead atoms. The van der Waals surface area contributed by atoms with Gasteiger partial charge in [0.05, 0.1) is 22.7 Å². The van der Waals surface area contributed by atoms with Gasteiger partial charge in [0.25, 0.3) is 0 Å². The number of nitrogens with zero attached hydrogens (tertiary/aromatic N) is 2. The van der Waals surface area contributed by atoms with Crippen molar-refractivity contribution in [3.63, 3.8) is 0 Å². The average molecular weight is 307 g/mol. The number of aryl methyl sites for hydroxylation is 1. The molecule has 0 aliphatic rings. The normalized spacial score (nSPS) is 11.2. The van der Waals surface area contributed by atoms with Crippen LogP contribution in [0.3, 0.4) is 0 Å². The number of hydrogen-bond acceptors (Lipinski definition) is 3. The van der Waals surface area contributed by atoms with Crippen molar-refractivity contribution in [3.8, 4) is 0 Å². The molecule has 0 saturated heterocycles. The summed E-state index contributed by atoms with van der Waals surface area (Å²) in [7, 11) is 0. The Bertz CT molecular complexity index is 658. The van der Waals surface area contributed by atoms with Crippen LogP contribution in [-0.2, 0) is 11.3 Å². The van der Waals surface area contributed by atoms with Crippen molar-refractivity contribution in [1.82, 2.24) is 9.88 Å². The molecule has 1 N–H and O–H groups in total. The second kappa shape index (κ2) is 6.87. The van der Waals surface area contributed by atoms with Gasteiger partial charge < -0.3 is 5.11 Å². The second-order valence-electron chi connectivity index (χ2n) is 5.03. The summed E-state index contributed by atoms with van der Waals surface area (Å²) in [4.78, 5) is 17.4. The van der Waals surface area contributed by atoms with E-state index in [2.05, 4.69) is 4.98 Å². The summed E-state index contributed by atoms with van der Waals surface area (Å²) < 4.78 is 0. The van der Waals surface area contributed by atoms with Gasteiger partial charge in [-0.15, -0.1) is 0 Å². The number of para-hydroxylation sites is 1. The molecular weight excluding hydrogens is 288 g/mol. The highest BCUT2D eigenvalue weighted by atomic mass is 35.5. The van der Waals surface area contributed by atoms with Crippen LogP contribution >= 0.6 is 11.6 Å². The molecular formula is C16H19ClN2O2. The summed E-state index contributed by atoms with van der Waals surface area (Å²) in [5, 5.41) is 10.5. The average Bonchev–Trinajstić information content (AvgIpc) is 2.48. The summed E-state index contributed by atoms with van der Waals surface area (Å²) in [6, 6.07) is 7.90. The van der Waals surface area contributed by atoms with Crippen molar-refractivity contribution in [2.45, 2.75) is 26.8 Å². The molecule has 0 unspecified atom stereocenters. The molecule has 5 heteroatoms. The van der Waals surface area contributed by atoms with Gasteiger partial charge in [-0.05, 0) is 25.1 Å². The Hall–Kier alpha value is -1.65. The fourth-order valence-electron chi connectivity index (χ4n) is 2.34. The van der Waals surface area contributed by atoms with E-state index in [0.29, 0.717) is 18.1 Å². The van der Waals surface area contributed by atoms with Gasteiger partial charge in [0.2, 0.25) is 0 Å². The molecule has 112 valence electrons.